The third-order valence-electron chi connectivity index (χ3n) is 9.67. The number of nitrogens with zero attached hydrogens (tertiary/aromatic N) is 2. The molecule has 0 saturated carbocycles. The zero-order valence-electron chi connectivity index (χ0n) is 29.7. The molecule has 3 rings (SSSR count). The molecule has 0 bridgehead atoms. The minimum absolute atomic E-state index is 0.0820. The van der Waals surface area contributed by atoms with Crippen LogP contribution in [0.5, 0.6) is 0 Å². The van der Waals surface area contributed by atoms with Crippen LogP contribution in [0.1, 0.15) is 64.7 Å². The van der Waals surface area contributed by atoms with Crippen LogP contribution in [0.2, 0.25) is 0 Å². The molecule has 1 aromatic rings. The van der Waals surface area contributed by atoms with Crippen molar-refractivity contribution < 1.29 is 38.1 Å². The molecule has 260 valence electrons. The van der Waals surface area contributed by atoms with Gasteiger partial charge in [-0.1, -0.05) is 32.0 Å². The first-order chi connectivity index (χ1) is 21.5. The lowest BCUT2D eigenvalue weighted by Crippen LogP contribution is -2.60. The van der Waals surface area contributed by atoms with Gasteiger partial charge in [-0.2, -0.15) is 0 Å². The molecule has 2 aliphatic rings. The van der Waals surface area contributed by atoms with Gasteiger partial charge in [0, 0.05) is 26.1 Å². The molecule has 1 N–H and O–H groups in total. The number of benzene rings is 1. The van der Waals surface area contributed by atoms with E-state index in [2.05, 4.69) is 17.1 Å². The maximum Gasteiger partial charge on any atom is 0.338 e. The first-order valence-corrected chi connectivity index (χ1v) is 16.4. The van der Waals surface area contributed by atoms with Crippen LogP contribution >= 0.6 is 0 Å². The topological polar surface area (TPSA) is 116 Å². The molecule has 2 heterocycles. The predicted octanol–water partition coefficient (Wildman–Crippen LogP) is 3.40. The third kappa shape index (κ3) is 8.93. The summed E-state index contributed by atoms with van der Waals surface area (Å²) in [5, 5.41) is 3.18. The van der Waals surface area contributed by atoms with E-state index in [-0.39, 0.29) is 36.5 Å². The van der Waals surface area contributed by atoms with Crippen molar-refractivity contribution in [2.24, 2.45) is 17.3 Å². The van der Waals surface area contributed by atoms with Gasteiger partial charge < -0.3 is 33.9 Å². The van der Waals surface area contributed by atoms with E-state index in [1.807, 2.05) is 53.0 Å². The maximum absolute atomic E-state index is 14.3. The molecule has 0 amide bonds. The zero-order valence-corrected chi connectivity index (χ0v) is 29.7. The molecule has 11 heteroatoms. The van der Waals surface area contributed by atoms with E-state index in [1.165, 1.54) is 0 Å². The summed E-state index contributed by atoms with van der Waals surface area (Å²) in [5.74, 6) is -2.11. The van der Waals surface area contributed by atoms with E-state index >= 15 is 0 Å². The van der Waals surface area contributed by atoms with E-state index < -0.39 is 47.4 Å². The Morgan fingerprint density at radius 3 is 2.35 bits per heavy atom. The van der Waals surface area contributed by atoms with E-state index in [0.717, 1.165) is 0 Å². The lowest BCUT2D eigenvalue weighted by atomic mass is 9.74. The average Bonchev–Trinajstić information content (AvgIpc) is 3.01. The first-order valence-electron chi connectivity index (χ1n) is 16.4. The molecule has 11 nitrogen and oxygen atoms in total. The number of likely N-dealkylation sites (N-methyl/N-ethyl adjacent to an activating group) is 3. The van der Waals surface area contributed by atoms with Crippen LogP contribution in [-0.4, -0.2) is 125 Å². The molecule has 1 aromatic carbocycles. The second-order valence-electron chi connectivity index (χ2n) is 14.2. The number of ketones is 1. The lowest BCUT2D eigenvalue weighted by Gasteiger charge is -2.47. The Labute approximate surface area is 275 Å². The molecule has 0 unspecified atom stereocenters. The van der Waals surface area contributed by atoms with Gasteiger partial charge in [-0.25, -0.2) is 4.79 Å². The summed E-state index contributed by atoms with van der Waals surface area (Å²) in [7, 11) is 9.35. The number of hydrogen-bond acceptors (Lipinski definition) is 11. The maximum atomic E-state index is 14.3. The number of hydrogen-bond donors (Lipinski definition) is 1. The molecule has 46 heavy (non-hydrogen) atoms. The Morgan fingerprint density at radius 1 is 1.11 bits per heavy atom. The Bertz CT molecular complexity index is 1160. The van der Waals surface area contributed by atoms with Crippen LogP contribution in [-0.2, 0) is 33.3 Å². The molecule has 0 aliphatic carbocycles. The lowest BCUT2D eigenvalue weighted by molar-refractivity contribution is -0.295. The van der Waals surface area contributed by atoms with Crippen molar-refractivity contribution in [1.29, 1.82) is 0 Å². The van der Waals surface area contributed by atoms with Crippen molar-refractivity contribution in [3.8, 4) is 0 Å². The monoisotopic (exact) mass is 647 g/mol. The number of rotatable bonds is 8. The minimum atomic E-state index is -1.45. The SMILES string of the molecule is CNC[C@H]1COC(=O)C(C)(C)C(=O)[C@H](C)[C@@H](O[C@@H]2O[C@H](C)C[C@H](N(C)C)[C@H]2OC(=O)c2ccccc2)[C@](C)(OC)C[C@@H](C)CN1C. The predicted molar refractivity (Wildman–Crippen MR) is 175 cm³/mol. The van der Waals surface area contributed by atoms with Crippen molar-refractivity contribution >= 4 is 17.7 Å². The van der Waals surface area contributed by atoms with Crippen molar-refractivity contribution in [3.63, 3.8) is 0 Å². The fourth-order valence-electron chi connectivity index (χ4n) is 6.92. The first kappa shape index (κ1) is 38.0. The quantitative estimate of drug-likeness (QED) is 0.331. The highest BCUT2D eigenvalue weighted by atomic mass is 16.7. The number of cyclic esters (lactones) is 1. The van der Waals surface area contributed by atoms with Gasteiger partial charge in [-0.05, 0) is 86.8 Å². The highest BCUT2D eigenvalue weighted by Crippen LogP contribution is 2.38. The number of Topliss-reactive ketones (excluding diaryl/α,β-unsaturated/α-hetero) is 1. The molecule has 0 spiro atoms. The molecular weight excluding hydrogens is 590 g/mol. The summed E-state index contributed by atoms with van der Waals surface area (Å²) in [5.41, 5.74) is -2.02. The summed E-state index contributed by atoms with van der Waals surface area (Å²) < 4.78 is 31.5. The van der Waals surface area contributed by atoms with Crippen molar-refractivity contribution in [2.45, 2.75) is 96.7 Å². The summed E-state index contributed by atoms with van der Waals surface area (Å²) >= 11 is 0. The second kappa shape index (κ2) is 16.1. The fraction of sp³-hybridized carbons (Fsp3) is 0.743. The Kier molecular flexibility index (Phi) is 13.3. The third-order valence-corrected chi connectivity index (χ3v) is 9.67. The van der Waals surface area contributed by atoms with E-state index in [1.54, 1.807) is 52.1 Å². The molecule has 2 fully saturated rings. The number of carbonyl (C=O) groups is 3. The van der Waals surface area contributed by atoms with E-state index in [9.17, 15) is 14.4 Å². The molecule has 0 radical (unpaired) electrons. The summed E-state index contributed by atoms with van der Waals surface area (Å²) in [6.45, 7) is 12.4. The van der Waals surface area contributed by atoms with Gasteiger partial charge in [0.05, 0.1) is 35.5 Å². The van der Waals surface area contributed by atoms with Crippen LogP contribution in [0.15, 0.2) is 30.3 Å². The zero-order chi connectivity index (χ0) is 34.4. The minimum Gasteiger partial charge on any atom is -0.463 e. The standard InChI is InChI=1S/C35H57N3O8/c1-22-18-35(6,42-11)30(24(3)29(39)34(4,5)33(41)43-21-26(19-36-7)38(10)20-22)46-32-28(27(37(8)9)17-23(2)44-32)45-31(40)25-15-13-12-14-16-25/h12-16,22-24,26-28,30,32,36H,17-21H2,1-11H3/t22-,23-,24+,26+,27+,28-,30-,32+,35-/m1/s1. The van der Waals surface area contributed by atoms with Gasteiger partial charge in [0.1, 0.15) is 12.0 Å². The van der Waals surface area contributed by atoms with E-state index in [0.29, 0.717) is 31.5 Å². The second-order valence-corrected chi connectivity index (χ2v) is 14.2. The number of methoxy groups -OCH3 is 1. The van der Waals surface area contributed by atoms with Gasteiger partial charge in [0.2, 0.25) is 0 Å². The fourth-order valence-corrected chi connectivity index (χ4v) is 6.92. The Hall–Kier alpha value is -2.41. The van der Waals surface area contributed by atoms with Gasteiger partial charge >= 0.3 is 11.9 Å². The molecule has 9 atom stereocenters. The average molecular weight is 648 g/mol. The molecular formula is C35H57N3O8. The number of carbonyl (C=O) groups excluding carboxylic acids is 3. The van der Waals surface area contributed by atoms with E-state index in [4.69, 9.17) is 23.7 Å². The summed E-state index contributed by atoms with van der Waals surface area (Å²) in [4.78, 5) is 45.3. The summed E-state index contributed by atoms with van der Waals surface area (Å²) in [6.07, 6.45) is -1.75. The van der Waals surface area contributed by atoms with Crippen LogP contribution in [0.25, 0.3) is 0 Å². The van der Waals surface area contributed by atoms with Crippen LogP contribution in [0.4, 0.5) is 0 Å². The largest absolute Gasteiger partial charge is 0.463 e. The number of ether oxygens (including phenoxy) is 5. The highest BCUT2D eigenvalue weighted by Gasteiger charge is 2.52. The van der Waals surface area contributed by atoms with Gasteiger partial charge in [0.15, 0.2) is 18.2 Å². The van der Waals surface area contributed by atoms with Crippen molar-refractivity contribution in [3.05, 3.63) is 35.9 Å². The van der Waals surface area contributed by atoms with Crippen LogP contribution in [0.3, 0.4) is 0 Å². The van der Waals surface area contributed by atoms with Gasteiger partial charge in [-0.15, -0.1) is 0 Å². The normalized spacial score (nSPS) is 35.0. The van der Waals surface area contributed by atoms with Crippen LogP contribution in [0, 0.1) is 17.3 Å². The number of nitrogens with one attached hydrogen (secondary N) is 1. The number of esters is 2. The molecule has 0 aromatic heterocycles. The molecule has 2 aliphatic heterocycles. The summed E-state index contributed by atoms with van der Waals surface area (Å²) in [6, 6.07) is 8.50. The Morgan fingerprint density at radius 2 is 1.76 bits per heavy atom. The van der Waals surface area contributed by atoms with Gasteiger partial charge in [0.25, 0.3) is 0 Å². The van der Waals surface area contributed by atoms with Crippen molar-refractivity contribution in [2.75, 3.05) is 55.0 Å². The Balaban J connectivity index is 2.07. The van der Waals surface area contributed by atoms with Gasteiger partial charge in [-0.3, -0.25) is 14.5 Å². The highest BCUT2D eigenvalue weighted by molar-refractivity contribution is 6.04. The molecule has 2 saturated heterocycles. The van der Waals surface area contributed by atoms with Crippen LogP contribution < -0.4 is 5.32 Å². The van der Waals surface area contributed by atoms with Crippen molar-refractivity contribution in [1.82, 2.24) is 15.1 Å². The smallest absolute Gasteiger partial charge is 0.338 e.